The molecule has 11 heteroatoms. The molecular formula is C45H60N4O7. The zero-order chi connectivity index (χ0) is 40.8. The first-order valence-electron chi connectivity index (χ1n) is 19.5. The quantitative estimate of drug-likeness (QED) is 0.169. The number of hydrogen-bond acceptors (Lipinski definition) is 9. The van der Waals surface area contributed by atoms with Gasteiger partial charge in [0.1, 0.15) is 0 Å². The first kappa shape index (κ1) is 42.1. The minimum atomic E-state index is -0.300. The van der Waals surface area contributed by atoms with E-state index in [-0.39, 0.29) is 41.3 Å². The van der Waals surface area contributed by atoms with E-state index in [4.69, 9.17) is 23.9 Å². The SMILES string of the molecule is C/C=C/C1=CN2C(=O)c3cc(OC)c(OCC(C)(C)CCC(C)(C)CCOc4cc5c(cc4OC)C(=O)N(/C=C(C)/C=C/C)CC(CO)N5C)cc3N=CC2C1. The number of likely N-dealkylation sites (N-methyl/N-ethyl adjacent to an activating group) is 1. The number of amides is 2. The van der Waals surface area contributed by atoms with Crippen molar-refractivity contribution >= 4 is 29.4 Å². The van der Waals surface area contributed by atoms with Gasteiger partial charge in [0.25, 0.3) is 11.8 Å². The van der Waals surface area contributed by atoms with Crippen LogP contribution in [0.2, 0.25) is 0 Å². The van der Waals surface area contributed by atoms with Crippen LogP contribution in [-0.4, -0.2) is 92.7 Å². The number of methoxy groups -OCH3 is 2. The number of hydrogen-bond donors (Lipinski definition) is 1. The van der Waals surface area contributed by atoms with Crippen LogP contribution in [0.25, 0.3) is 0 Å². The highest BCUT2D eigenvalue weighted by Crippen LogP contribution is 2.42. The van der Waals surface area contributed by atoms with Crippen molar-refractivity contribution < 1.29 is 33.6 Å². The van der Waals surface area contributed by atoms with Gasteiger partial charge in [-0.1, -0.05) is 52.0 Å². The zero-order valence-electron chi connectivity index (χ0n) is 34.8. The van der Waals surface area contributed by atoms with Crippen LogP contribution >= 0.6 is 0 Å². The summed E-state index contributed by atoms with van der Waals surface area (Å²) >= 11 is 0. The smallest absolute Gasteiger partial charge is 0.260 e. The summed E-state index contributed by atoms with van der Waals surface area (Å²) in [4.78, 5) is 37.4. The molecule has 2 amide bonds. The number of nitrogens with zero attached hydrogens (tertiary/aromatic N) is 4. The van der Waals surface area contributed by atoms with E-state index in [1.165, 1.54) is 0 Å². The largest absolute Gasteiger partial charge is 0.493 e. The Morgan fingerprint density at radius 2 is 1.57 bits per heavy atom. The molecule has 11 nitrogen and oxygen atoms in total. The summed E-state index contributed by atoms with van der Waals surface area (Å²) in [6, 6.07) is 6.73. The van der Waals surface area contributed by atoms with Gasteiger partial charge in [-0.05, 0) is 80.6 Å². The molecule has 0 spiro atoms. The van der Waals surface area contributed by atoms with E-state index >= 15 is 0 Å². The molecule has 0 aromatic heterocycles. The Morgan fingerprint density at radius 1 is 0.893 bits per heavy atom. The highest BCUT2D eigenvalue weighted by atomic mass is 16.5. The van der Waals surface area contributed by atoms with Gasteiger partial charge in [-0.15, -0.1) is 0 Å². The van der Waals surface area contributed by atoms with Crippen molar-refractivity contribution in [1.82, 2.24) is 9.80 Å². The van der Waals surface area contributed by atoms with Crippen molar-refractivity contribution in [1.29, 1.82) is 0 Å². The fourth-order valence-corrected chi connectivity index (χ4v) is 7.23. The number of ether oxygens (including phenoxy) is 4. The molecule has 1 N–H and O–H groups in total. The first-order chi connectivity index (χ1) is 26.6. The molecule has 5 rings (SSSR count). The number of carbonyl (C=O) groups excluding carboxylic acids is 2. The molecule has 0 saturated carbocycles. The third kappa shape index (κ3) is 9.67. The van der Waals surface area contributed by atoms with Crippen molar-refractivity contribution in [2.24, 2.45) is 15.8 Å². The van der Waals surface area contributed by atoms with Gasteiger partial charge in [0, 0.05) is 44.3 Å². The summed E-state index contributed by atoms with van der Waals surface area (Å²) in [5.41, 5.74) is 4.06. The molecule has 2 aromatic carbocycles. The minimum absolute atomic E-state index is 0.0476. The summed E-state index contributed by atoms with van der Waals surface area (Å²) in [6.45, 7) is 15.8. The minimum Gasteiger partial charge on any atom is -0.493 e. The number of aliphatic hydroxyl groups excluding tert-OH is 1. The van der Waals surface area contributed by atoms with E-state index < -0.39 is 0 Å². The van der Waals surface area contributed by atoms with E-state index in [0.29, 0.717) is 65.3 Å². The number of rotatable bonds is 16. The molecule has 3 aliphatic heterocycles. The number of allylic oxidation sites excluding steroid dienone is 5. The Hall–Kier alpha value is -5.03. The summed E-state index contributed by atoms with van der Waals surface area (Å²) in [5, 5.41) is 10.3. The molecule has 302 valence electrons. The van der Waals surface area contributed by atoms with Crippen LogP contribution in [0.4, 0.5) is 11.4 Å². The van der Waals surface area contributed by atoms with Gasteiger partial charge in [-0.3, -0.25) is 14.6 Å². The molecule has 3 aliphatic rings. The average Bonchev–Trinajstić information content (AvgIpc) is 3.49. The van der Waals surface area contributed by atoms with Crippen LogP contribution in [0.1, 0.15) is 94.9 Å². The molecule has 0 fully saturated rings. The number of carbonyl (C=O) groups is 2. The second-order valence-electron chi connectivity index (χ2n) is 16.5. The highest BCUT2D eigenvalue weighted by Gasteiger charge is 2.34. The van der Waals surface area contributed by atoms with Gasteiger partial charge in [-0.25, -0.2) is 0 Å². The number of fused-ring (bicyclic) bond motifs is 3. The van der Waals surface area contributed by atoms with Crippen molar-refractivity contribution in [2.45, 2.75) is 86.2 Å². The molecule has 3 heterocycles. The highest BCUT2D eigenvalue weighted by molar-refractivity contribution is 6.04. The predicted molar refractivity (Wildman–Crippen MR) is 223 cm³/mol. The van der Waals surface area contributed by atoms with Crippen LogP contribution in [0.3, 0.4) is 0 Å². The number of aliphatic hydroxyl groups is 1. The topological polar surface area (TPSA) is 113 Å². The third-order valence-electron chi connectivity index (χ3n) is 10.9. The number of anilines is 1. The summed E-state index contributed by atoms with van der Waals surface area (Å²) in [7, 11) is 5.05. The van der Waals surface area contributed by atoms with E-state index in [9.17, 15) is 14.7 Å². The van der Waals surface area contributed by atoms with Crippen LogP contribution in [0, 0.1) is 10.8 Å². The lowest BCUT2D eigenvalue weighted by Crippen LogP contribution is -2.41. The molecule has 0 aliphatic carbocycles. The molecule has 56 heavy (non-hydrogen) atoms. The summed E-state index contributed by atoms with van der Waals surface area (Å²) < 4.78 is 24.2. The summed E-state index contributed by atoms with van der Waals surface area (Å²) in [6.07, 6.45) is 16.8. The number of aliphatic imine (C=N–C) groups is 1. The molecule has 0 saturated heterocycles. The average molecular weight is 769 g/mol. The van der Waals surface area contributed by atoms with E-state index in [2.05, 4.69) is 27.7 Å². The molecule has 2 aromatic rings. The van der Waals surface area contributed by atoms with Crippen molar-refractivity contribution in [3.63, 3.8) is 0 Å². The van der Waals surface area contributed by atoms with Gasteiger partial charge in [-0.2, -0.15) is 0 Å². The van der Waals surface area contributed by atoms with Crippen molar-refractivity contribution in [3.05, 3.63) is 83.2 Å². The Balaban J connectivity index is 1.21. The van der Waals surface area contributed by atoms with Crippen LogP contribution in [0.5, 0.6) is 23.0 Å². The Bertz CT molecular complexity index is 1920. The Morgan fingerprint density at radius 3 is 2.23 bits per heavy atom. The van der Waals surface area contributed by atoms with Gasteiger partial charge in [0.05, 0.1) is 68.6 Å². The van der Waals surface area contributed by atoms with Crippen molar-refractivity contribution in [2.75, 3.05) is 52.5 Å². The lowest BCUT2D eigenvalue weighted by Gasteiger charge is -2.31. The molecule has 2 unspecified atom stereocenters. The van der Waals surface area contributed by atoms with Crippen LogP contribution < -0.4 is 23.8 Å². The van der Waals surface area contributed by atoms with E-state index in [1.54, 1.807) is 36.2 Å². The second kappa shape index (κ2) is 17.8. The maximum atomic E-state index is 13.8. The standard InChI is InChI=1S/C45H60N4O7/c1-11-13-30(3)25-48-27-33(28-50)47(8)37-23-41(39(54-10)21-35(37)42(48)51)55-18-17-44(4,5)15-16-45(6,7)29-56-40-22-36-34(20-38(40)53-9)43(52)49-26-31(14-12-2)19-32(49)24-46-36/h11-14,20-26,32-33,50H,15-19,27-29H2,1-10H3/b13-11+,14-12+,30-25+. The van der Waals surface area contributed by atoms with E-state index in [0.717, 1.165) is 36.8 Å². The number of benzene rings is 2. The maximum absolute atomic E-state index is 13.8. The summed E-state index contributed by atoms with van der Waals surface area (Å²) in [5.74, 6) is 1.83. The fraction of sp³-hybridized carbons (Fsp3) is 0.489. The first-order valence-corrected chi connectivity index (χ1v) is 19.5. The maximum Gasteiger partial charge on any atom is 0.260 e. The van der Waals surface area contributed by atoms with Crippen molar-refractivity contribution in [3.8, 4) is 23.0 Å². The van der Waals surface area contributed by atoms with Gasteiger partial charge in [0.15, 0.2) is 23.0 Å². The van der Waals surface area contributed by atoms with Gasteiger partial charge >= 0.3 is 0 Å². The molecule has 0 radical (unpaired) electrons. The van der Waals surface area contributed by atoms with Gasteiger partial charge in [0.2, 0.25) is 0 Å². The zero-order valence-corrected chi connectivity index (χ0v) is 34.8. The van der Waals surface area contributed by atoms with Crippen LogP contribution in [-0.2, 0) is 0 Å². The molecule has 0 bridgehead atoms. The van der Waals surface area contributed by atoms with E-state index in [1.807, 2.05) is 87.8 Å². The monoisotopic (exact) mass is 768 g/mol. The molecular weight excluding hydrogens is 709 g/mol. The van der Waals surface area contributed by atoms with Gasteiger partial charge < -0.3 is 38.8 Å². The van der Waals surface area contributed by atoms with Crippen LogP contribution in [0.15, 0.2) is 77.1 Å². The lowest BCUT2D eigenvalue weighted by atomic mass is 9.78. The Labute approximate surface area is 333 Å². The third-order valence-corrected chi connectivity index (χ3v) is 10.9. The predicted octanol–water partition coefficient (Wildman–Crippen LogP) is 8.51. The normalized spacial score (nSPS) is 18.9. The lowest BCUT2D eigenvalue weighted by molar-refractivity contribution is 0.0806. The fourth-order valence-electron chi connectivity index (χ4n) is 7.23. The molecule has 2 atom stereocenters. The Kier molecular flexibility index (Phi) is 13.4. The second-order valence-corrected chi connectivity index (χ2v) is 16.5.